The molecule has 1 unspecified atom stereocenters. The highest BCUT2D eigenvalue weighted by Gasteiger charge is 2.17. The van der Waals surface area contributed by atoms with Crippen LogP contribution in [-0.4, -0.2) is 23.6 Å². The summed E-state index contributed by atoms with van der Waals surface area (Å²) in [5.41, 5.74) is 0. The van der Waals surface area contributed by atoms with Crippen molar-refractivity contribution in [1.29, 1.82) is 0 Å². The van der Waals surface area contributed by atoms with Gasteiger partial charge in [-0.05, 0) is 19.1 Å². The molecular weight excluding hydrogens is 172 g/mol. The van der Waals surface area contributed by atoms with Gasteiger partial charge in [-0.3, -0.25) is 4.79 Å². The van der Waals surface area contributed by atoms with Gasteiger partial charge in [-0.25, -0.2) is 0 Å². The first kappa shape index (κ1) is 11.8. The number of thioether (sulfide) groups is 1. The van der Waals surface area contributed by atoms with Gasteiger partial charge in [0.1, 0.15) is 5.25 Å². The van der Waals surface area contributed by atoms with Crippen molar-refractivity contribution in [1.82, 2.24) is 0 Å². The van der Waals surface area contributed by atoms with Crippen LogP contribution in [0.4, 0.5) is 0 Å². The lowest BCUT2D eigenvalue weighted by atomic mass is 10.2. The zero-order chi connectivity index (χ0) is 9.40. The molecule has 0 aromatic rings. The number of hydrogen-bond acceptors (Lipinski definition) is 3. The normalized spacial score (nSPS) is 12.6. The Hall–Kier alpha value is -0.180. The van der Waals surface area contributed by atoms with Crippen LogP contribution in [0.5, 0.6) is 0 Å². The summed E-state index contributed by atoms with van der Waals surface area (Å²) in [5.74, 6) is 0.926. The van der Waals surface area contributed by atoms with E-state index in [-0.39, 0.29) is 11.2 Å². The van der Waals surface area contributed by atoms with Gasteiger partial charge in [0.25, 0.3) is 0 Å². The Morgan fingerprint density at radius 2 is 2.08 bits per heavy atom. The molecule has 0 saturated heterocycles. The fraction of sp³-hybridized carbons (Fsp3) is 0.889. The fourth-order valence-electron chi connectivity index (χ4n) is 0.968. The first-order valence-corrected chi connectivity index (χ1v) is 5.59. The molecule has 0 radical (unpaired) electrons. The molecule has 12 heavy (non-hydrogen) atoms. The van der Waals surface area contributed by atoms with Crippen molar-refractivity contribution in [2.24, 2.45) is 0 Å². The smallest absolute Gasteiger partial charge is 0.319 e. The maximum absolute atomic E-state index is 11.3. The molecule has 0 N–H and O–H groups in total. The van der Waals surface area contributed by atoms with Gasteiger partial charge in [0.2, 0.25) is 0 Å². The Morgan fingerprint density at radius 1 is 1.42 bits per heavy atom. The van der Waals surface area contributed by atoms with Crippen molar-refractivity contribution < 1.29 is 9.53 Å². The van der Waals surface area contributed by atoms with Gasteiger partial charge < -0.3 is 4.74 Å². The van der Waals surface area contributed by atoms with Crippen LogP contribution in [0.1, 0.15) is 33.6 Å². The summed E-state index contributed by atoms with van der Waals surface area (Å²) in [7, 11) is 0. The second-order valence-corrected chi connectivity index (χ2v) is 3.96. The van der Waals surface area contributed by atoms with Gasteiger partial charge in [-0.2, -0.15) is 0 Å². The summed E-state index contributed by atoms with van der Waals surface area (Å²) in [6, 6.07) is 0. The van der Waals surface area contributed by atoms with Gasteiger partial charge in [0, 0.05) is 0 Å². The Balaban J connectivity index is 3.81. The first-order chi connectivity index (χ1) is 5.76. The molecule has 0 spiro atoms. The van der Waals surface area contributed by atoms with Crippen LogP contribution in [-0.2, 0) is 9.53 Å². The summed E-state index contributed by atoms with van der Waals surface area (Å²) in [4.78, 5) is 11.3. The minimum absolute atomic E-state index is 0.0498. The van der Waals surface area contributed by atoms with Crippen LogP contribution in [0, 0.1) is 0 Å². The molecule has 0 rings (SSSR count). The van der Waals surface area contributed by atoms with E-state index in [0.717, 1.165) is 18.6 Å². The van der Waals surface area contributed by atoms with Crippen molar-refractivity contribution in [2.45, 2.75) is 38.9 Å². The average Bonchev–Trinajstić information content (AvgIpc) is 2.04. The lowest BCUT2D eigenvalue weighted by Crippen LogP contribution is -2.20. The number of esters is 1. The van der Waals surface area contributed by atoms with E-state index >= 15 is 0 Å². The van der Waals surface area contributed by atoms with E-state index in [2.05, 4.69) is 13.8 Å². The highest BCUT2D eigenvalue weighted by atomic mass is 32.2. The van der Waals surface area contributed by atoms with Crippen LogP contribution in [0.2, 0.25) is 0 Å². The second kappa shape index (κ2) is 7.47. The third-order valence-corrected chi connectivity index (χ3v) is 2.63. The largest absolute Gasteiger partial charge is 0.465 e. The summed E-state index contributed by atoms with van der Waals surface area (Å²) in [6.45, 7) is 6.48. The molecule has 0 bridgehead atoms. The molecule has 0 heterocycles. The highest BCUT2D eigenvalue weighted by Crippen LogP contribution is 2.17. The van der Waals surface area contributed by atoms with Crippen molar-refractivity contribution in [2.75, 3.05) is 12.4 Å². The summed E-state index contributed by atoms with van der Waals surface area (Å²) in [5, 5.41) is 0.0555. The SMILES string of the molecule is CCCC(SCC)C(=O)OCC. The number of ether oxygens (including phenoxy) is 1. The summed E-state index contributed by atoms with van der Waals surface area (Å²) < 4.78 is 4.95. The number of carbonyl (C=O) groups excluding carboxylic acids is 1. The maximum atomic E-state index is 11.3. The molecule has 3 heteroatoms. The Labute approximate surface area is 79.1 Å². The van der Waals surface area contributed by atoms with Crippen molar-refractivity contribution in [3.05, 3.63) is 0 Å². The van der Waals surface area contributed by atoms with Crippen LogP contribution in [0.15, 0.2) is 0 Å². The molecule has 0 aliphatic rings. The highest BCUT2D eigenvalue weighted by molar-refractivity contribution is 8.00. The monoisotopic (exact) mass is 190 g/mol. The number of rotatable bonds is 6. The van der Waals surface area contributed by atoms with E-state index in [4.69, 9.17) is 4.74 Å². The van der Waals surface area contributed by atoms with E-state index in [1.807, 2.05) is 6.92 Å². The van der Waals surface area contributed by atoms with Gasteiger partial charge in [0.15, 0.2) is 0 Å². The fourth-order valence-corrected chi connectivity index (χ4v) is 1.98. The van der Waals surface area contributed by atoms with E-state index in [0.29, 0.717) is 6.61 Å². The molecule has 0 aliphatic carbocycles. The quantitative estimate of drug-likeness (QED) is 0.602. The molecule has 2 nitrogen and oxygen atoms in total. The second-order valence-electron chi connectivity index (χ2n) is 2.48. The van der Waals surface area contributed by atoms with Gasteiger partial charge in [-0.15, -0.1) is 11.8 Å². The van der Waals surface area contributed by atoms with Crippen molar-refractivity contribution >= 4 is 17.7 Å². The zero-order valence-electron chi connectivity index (χ0n) is 8.13. The van der Waals surface area contributed by atoms with Crippen molar-refractivity contribution in [3.8, 4) is 0 Å². The predicted octanol–water partition coefficient (Wildman–Crippen LogP) is 2.47. The maximum Gasteiger partial charge on any atom is 0.319 e. The molecule has 0 saturated carbocycles. The molecule has 0 aromatic carbocycles. The summed E-state index contributed by atoms with van der Waals surface area (Å²) in [6.07, 6.45) is 1.97. The van der Waals surface area contributed by atoms with E-state index in [9.17, 15) is 4.79 Å². The third-order valence-electron chi connectivity index (χ3n) is 1.47. The number of hydrogen-bond donors (Lipinski definition) is 0. The molecule has 0 fully saturated rings. The van der Waals surface area contributed by atoms with E-state index in [1.54, 1.807) is 11.8 Å². The average molecular weight is 190 g/mol. The third kappa shape index (κ3) is 4.65. The molecule has 0 aromatic heterocycles. The van der Waals surface area contributed by atoms with Gasteiger partial charge in [-0.1, -0.05) is 20.3 Å². The molecule has 0 amide bonds. The standard InChI is InChI=1S/C9H18O2S/c1-4-7-8(12-6-3)9(10)11-5-2/h8H,4-7H2,1-3H3. The molecule has 1 atom stereocenters. The van der Waals surface area contributed by atoms with Crippen LogP contribution < -0.4 is 0 Å². The van der Waals surface area contributed by atoms with E-state index < -0.39 is 0 Å². The van der Waals surface area contributed by atoms with Crippen LogP contribution >= 0.6 is 11.8 Å². The number of carbonyl (C=O) groups is 1. The van der Waals surface area contributed by atoms with E-state index in [1.165, 1.54) is 0 Å². The Kier molecular flexibility index (Phi) is 7.36. The van der Waals surface area contributed by atoms with Gasteiger partial charge in [0.05, 0.1) is 6.61 Å². The molecule has 0 aliphatic heterocycles. The van der Waals surface area contributed by atoms with Crippen LogP contribution in [0.3, 0.4) is 0 Å². The minimum atomic E-state index is -0.0498. The Morgan fingerprint density at radius 3 is 2.50 bits per heavy atom. The summed E-state index contributed by atoms with van der Waals surface area (Å²) >= 11 is 1.67. The predicted molar refractivity (Wildman–Crippen MR) is 53.5 cm³/mol. The van der Waals surface area contributed by atoms with Gasteiger partial charge >= 0.3 is 5.97 Å². The lowest BCUT2D eigenvalue weighted by molar-refractivity contribution is -0.142. The zero-order valence-corrected chi connectivity index (χ0v) is 8.95. The first-order valence-electron chi connectivity index (χ1n) is 4.54. The Bertz CT molecular complexity index is 120. The minimum Gasteiger partial charge on any atom is -0.465 e. The topological polar surface area (TPSA) is 26.3 Å². The lowest BCUT2D eigenvalue weighted by Gasteiger charge is -2.12. The molecular formula is C9H18O2S. The van der Waals surface area contributed by atoms with Crippen LogP contribution in [0.25, 0.3) is 0 Å². The van der Waals surface area contributed by atoms with Crippen molar-refractivity contribution in [3.63, 3.8) is 0 Å². The molecule has 72 valence electrons.